The quantitative estimate of drug-likeness (QED) is 0.190. The number of esters is 1. The molecular formula is C23H18Br2N2O4. The van der Waals surface area contributed by atoms with Crippen LogP contribution in [0.2, 0.25) is 0 Å². The highest BCUT2D eigenvalue weighted by molar-refractivity contribution is 9.10. The smallest absolute Gasteiger partial charge is 0.343 e. The van der Waals surface area contributed by atoms with Gasteiger partial charge in [-0.05, 0) is 94.6 Å². The molecule has 0 unspecified atom stereocenters. The number of benzene rings is 3. The van der Waals surface area contributed by atoms with Gasteiger partial charge in [0.05, 0.1) is 16.3 Å². The number of ether oxygens (including phenoxy) is 2. The molecule has 0 radical (unpaired) electrons. The number of aryl methyl sites for hydroxylation is 1. The molecule has 1 N–H and O–H groups in total. The van der Waals surface area contributed by atoms with Gasteiger partial charge in [0.25, 0.3) is 5.91 Å². The second-order valence-corrected chi connectivity index (χ2v) is 8.25. The number of hydrogen-bond acceptors (Lipinski definition) is 5. The molecule has 0 saturated heterocycles. The molecule has 158 valence electrons. The van der Waals surface area contributed by atoms with Crippen molar-refractivity contribution in [2.75, 3.05) is 6.61 Å². The summed E-state index contributed by atoms with van der Waals surface area (Å²) in [4.78, 5) is 24.0. The number of carbonyl (C=O) groups excluding carboxylic acids is 2. The van der Waals surface area contributed by atoms with Crippen LogP contribution in [0.1, 0.15) is 21.5 Å². The van der Waals surface area contributed by atoms with Gasteiger partial charge in [0.15, 0.2) is 6.61 Å². The van der Waals surface area contributed by atoms with E-state index in [2.05, 4.69) is 42.4 Å². The maximum absolute atomic E-state index is 12.1. The lowest BCUT2D eigenvalue weighted by atomic mass is 10.2. The lowest BCUT2D eigenvalue weighted by molar-refractivity contribution is -0.123. The summed E-state index contributed by atoms with van der Waals surface area (Å²) in [6.07, 6.45) is 1.49. The zero-order valence-corrected chi connectivity index (χ0v) is 19.6. The van der Waals surface area contributed by atoms with E-state index in [1.807, 2.05) is 19.1 Å². The predicted molar refractivity (Wildman–Crippen MR) is 126 cm³/mol. The van der Waals surface area contributed by atoms with Gasteiger partial charge in [0.1, 0.15) is 11.5 Å². The van der Waals surface area contributed by atoms with Gasteiger partial charge < -0.3 is 9.47 Å². The normalized spacial score (nSPS) is 10.7. The average Bonchev–Trinajstić information content (AvgIpc) is 2.75. The minimum Gasteiger partial charge on any atom is -0.483 e. The third-order valence-corrected chi connectivity index (χ3v) is 5.17. The lowest BCUT2D eigenvalue weighted by Crippen LogP contribution is -2.24. The summed E-state index contributed by atoms with van der Waals surface area (Å²) in [7, 11) is 0. The molecule has 3 rings (SSSR count). The Labute approximate surface area is 196 Å². The molecule has 0 aromatic heterocycles. The van der Waals surface area contributed by atoms with Gasteiger partial charge in [-0.25, -0.2) is 10.2 Å². The van der Waals surface area contributed by atoms with Crippen LogP contribution < -0.4 is 14.9 Å². The predicted octanol–water partition coefficient (Wildman–Crippen LogP) is 5.27. The molecule has 0 heterocycles. The molecule has 0 saturated carbocycles. The fourth-order valence-electron chi connectivity index (χ4n) is 2.45. The van der Waals surface area contributed by atoms with Gasteiger partial charge in [0.2, 0.25) is 0 Å². The number of carbonyl (C=O) groups is 2. The number of rotatable bonds is 7. The molecule has 0 atom stereocenters. The molecule has 0 aliphatic heterocycles. The molecule has 3 aromatic rings. The molecule has 3 aromatic carbocycles. The van der Waals surface area contributed by atoms with Crippen molar-refractivity contribution in [3.63, 3.8) is 0 Å². The molecule has 0 bridgehead atoms. The molecule has 8 heteroatoms. The Balaban J connectivity index is 1.47. The molecule has 0 aliphatic carbocycles. The monoisotopic (exact) mass is 544 g/mol. The van der Waals surface area contributed by atoms with Gasteiger partial charge >= 0.3 is 5.97 Å². The van der Waals surface area contributed by atoms with Gasteiger partial charge in [-0.2, -0.15) is 5.10 Å². The van der Waals surface area contributed by atoms with E-state index in [0.29, 0.717) is 17.1 Å². The topological polar surface area (TPSA) is 77.0 Å². The maximum atomic E-state index is 12.1. The van der Waals surface area contributed by atoms with E-state index < -0.39 is 5.97 Å². The Bertz CT molecular complexity index is 1100. The summed E-state index contributed by atoms with van der Waals surface area (Å²) in [6.45, 7) is 1.80. The van der Waals surface area contributed by atoms with E-state index in [9.17, 15) is 9.59 Å². The minimum atomic E-state index is -0.443. The Kier molecular flexibility index (Phi) is 7.97. The largest absolute Gasteiger partial charge is 0.483 e. The fraction of sp³-hybridized carbons (Fsp3) is 0.0870. The Morgan fingerprint density at radius 3 is 2.39 bits per heavy atom. The van der Waals surface area contributed by atoms with Crippen LogP contribution in [0.4, 0.5) is 0 Å². The highest BCUT2D eigenvalue weighted by atomic mass is 79.9. The number of halogens is 2. The summed E-state index contributed by atoms with van der Waals surface area (Å²) in [5, 5.41) is 3.91. The zero-order chi connectivity index (χ0) is 22.2. The standard InChI is InChI=1S/C23H18Br2N2O4/c1-15-2-11-21(20(25)12-15)30-14-22(28)27-26-13-16-3-9-19(10-4-16)31-23(29)17-5-7-18(24)8-6-17/h2-13H,14H2,1H3,(H,27,28)/b26-13-. The molecule has 1 amide bonds. The van der Waals surface area contributed by atoms with Crippen molar-refractivity contribution in [3.05, 3.63) is 92.4 Å². The number of nitrogens with zero attached hydrogens (tertiary/aromatic N) is 1. The van der Waals surface area contributed by atoms with E-state index in [-0.39, 0.29) is 12.5 Å². The van der Waals surface area contributed by atoms with Crippen LogP contribution in [0.3, 0.4) is 0 Å². The molecule has 0 fully saturated rings. The lowest BCUT2D eigenvalue weighted by Gasteiger charge is -2.07. The molecule has 0 aliphatic rings. The number of nitrogens with one attached hydrogen (secondary N) is 1. The summed E-state index contributed by atoms with van der Waals surface area (Å²) < 4.78 is 12.5. The van der Waals surface area contributed by atoms with Crippen molar-refractivity contribution in [2.24, 2.45) is 5.10 Å². The first-order valence-electron chi connectivity index (χ1n) is 9.19. The van der Waals surface area contributed by atoms with Crippen LogP contribution in [0.15, 0.2) is 80.8 Å². The van der Waals surface area contributed by atoms with Gasteiger partial charge in [-0.3, -0.25) is 4.79 Å². The van der Waals surface area contributed by atoms with Crippen molar-refractivity contribution in [3.8, 4) is 11.5 Å². The van der Waals surface area contributed by atoms with E-state index in [1.54, 1.807) is 54.6 Å². The first kappa shape index (κ1) is 22.7. The van der Waals surface area contributed by atoms with Gasteiger partial charge in [0, 0.05) is 4.47 Å². The van der Waals surface area contributed by atoms with Crippen molar-refractivity contribution >= 4 is 50.0 Å². The van der Waals surface area contributed by atoms with Crippen molar-refractivity contribution in [2.45, 2.75) is 6.92 Å². The first-order valence-corrected chi connectivity index (χ1v) is 10.8. The summed E-state index contributed by atoms with van der Waals surface area (Å²) in [5.41, 5.74) is 4.67. The van der Waals surface area contributed by atoms with Gasteiger partial charge in [-0.15, -0.1) is 0 Å². The van der Waals surface area contributed by atoms with Crippen LogP contribution in [0, 0.1) is 6.92 Å². The second-order valence-electron chi connectivity index (χ2n) is 6.48. The van der Waals surface area contributed by atoms with Gasteiger partial charge in [-0.1, -0.05) is 22.0 Å². The van der Waals surface area contributed by atoms with Crippen molar-refractivity contribution < 1.29 is 19.1 Å². The Morgan fingerprint density at radius 2 is 1.71 bits per heavy atom. The van der Waals surface area contributed by atoms with Crippen LogP contribution in [0.5, 0.6) is 11.5 Å². The van der Waals surface area contributed by atoms with Crippen LogP contribution in [0.25, 0.3) is 0 Å². The van der Waals surface area contributed by atoms with Crippen molar-refractivity contribution in [1.29, 1.82) is 0 Å². The average molecular weight is 546 g/mol. The highest BCUT2D eigenvalue weighted by Crippen LogP contribution is 2.25. The van der Waals surface area contributed by atoms with Crippen LogP contribution >= 0.6 is 31.9 Å². The zero-order valence-electron chi connectivity index (χ0n) is 16.5. The number of hydrogen-bond donors (Lipinski definition) is 1. The maximum Gasteiger partial charge on any atom is 0.343 e. The second kappa shape index (κ2) is 10.9. The summed E-state index contributed by atoms with van der Waals surface area (Å²) in [6, 6.07) is 19.2. The number of amides is 1. The van der Waals surface area contributed by atoms with Crippen molar-refractivity contribution in [1.82, 2.24) is 5.43 Å². The third kappa shape index (κ3) is 7.04. The third-order valence-electron chi connectivity index (χ3n) is 4.02. The molecule has 0 spiro atoms. The SMILES string of the molecule is Cc1ccc(OCC(=O)N/N=C\c2ccc(OC(=O)c3ccc(Br)cc3)cc2)c(Br)c1. The number of hydrazone groups is 1. The Hall–Kier alpha value is -2.97. The van der Waals surface area contributed by atoms with Crippen LogP contribution in [-0.2, 0) is 4.79 Å². The molecule has 31 heavy (non-hydrogen) atoms. The first-order chi connectivity index (χ1) is 14.9. The Morgan fingerprint density at radius 1 is 1.00 bits per heavy atom. The van der Waals surface area contributed by atoms with Crippen LogP contribution in [-0.4, -0.2) is 24.7 Å². The highest BCUT2D eigenvalue weighted by Gasteiger charge is 2.08. The summed E-state index contributed by atoms with van der Waals surface area (Å²) in [5.74, 6) is 0.161. The summed E-state index contributed by atoms with van der Waals surface area (Å²) >= 11 is 6.72. The molecule has 6 nitrogen and oxygen atoms in total. The van der Waals surface area contributed by atoms with E-state index in [1.165, 1.54) is 6.21 Å². The van der Waals surface area contributed by atoms with E-state index >= 15 is 0 Å². The fourth-order valence-corrected chi connectivity index (χ4v) is 3.32. The molecular weight excluding hydrogens is 528 g/mol. The van der Waals surface area contributed by atoms with E-state index in [0.717, 1.165) is 20.1 Å². The minimum absolute atomic E-state index is 0.163. The van der Waals surface area contributed by atoms with E-state index in [4.69, 9.17) is 9.47 Å².